The molecule has 0 atom stereocenters. The van der Waals surface area contributed by atoms with Gasteiger partial charge >= 0.3 is 0 Å². The third-order valence-electron chi connectivity index (χ3n) is 4.16. The molecule has 3 rings (SSSR count). The largest absolute Gasteiger partial charge is 0.487 e. The Hall–Kier alpha value is -1.80. The van der Waals surface area contributed by atoms with Crippen LogP contribution in [0.4, 0.5) is 0 Å². The molecule has 0 unspecified atom stereocenters. The predicted molar refractivity (Wildman–Crippen MR) is 82.8 cm³/mol. The highest BCUT2D eigenvalue weighted by atomic mass is 16.5. The van der Waals surface area contributed by atoms with Crippen molar-refractivity contribution in [2.45, 2.75) is 31.3 Å². The fourth-order valence-electron chi connectivity index (χ4n) is 2.83. The van der Waals surface area contributed by atoms with Gasteiger partial charge in [-0.25, -0.2) is 0 Å². The Labute approximate surface area is 120 Å². The lowest BCUT2D eigenvalue weighted by molar-refractivity contribution is -0.0124. The number of hydrogen-bond donors (Lipinski definition) is 1. The van der Waals surface area contributed by atoms with E-state index in [1.165, 1.54) is 17.5 Å². The molecule has 0 amide bonds. The molecule has 1 fully saturated rings. The monoisotopic (exact) mass is 267 g/mol. The highest BCUT2D eigenvalue weighted by Gasteiger charge is 2.38. The molecular weight excluding hydrogens is 246 g/mol. The molecular formula is C18H21NO. The van der Waals surface area contributed by atoms with Crippen LogP contribution in [0.25, 0.3) is 11.1 Å². The lowest BCUT2D eigenvalue weighted by Gasteiger charge is -2.41. The molecule has 1 aliphatic rings. The smallest absolute Gasteiger partial charge is 0.120 e. The lowest BCUT2D eigenvalue weighted by atomic mass is 9.77. The van der Waals surface area contributed by atoms with Gasteiger partial charge in [0.05, 0.1) is 0 Å². The Morgan fingerprint density at radius 1 is 0.900 bits per heavy atom. The van der Waals surface area contributed by atoms with Crippen molar-refractivity contribution in [1.29, 1.82) is 0 Å². The fraction of sp³-hybridized carbons (Fsp3) is 0.333. The maximum atomic E-state index is 6.19. The van der Waals surface area contributed by atoms with Crippen LogP contribution in [0.1, 0.15) is 25.7 Å². The van der Waals surface area contributed by atoms with E-state index in [1.807, 2.05) is 6.07 Å². The second-order valence-corrected chi connectivity index (χ2v) is 5.57. The molecule has 1 saturated carbocycles. The van der Waals surface area contributed by atoms with Gasteiger partial charge in [-0.2, -0.15) is 0 Å². The molecule has 2 nitrogen and oxygen atoms in total. The molecule has 20 heavy (non-hydrogen) atoms. The second-order valence-electron chi connectivity index (χ2n) is 5.57. The van der Waals surface area contributed by atoms with Crippen molar-refractivity contribution in [1.82, 2.24) is 0 Å². The summed E-state index contributed by atoms with van der Waals surface area (Å²) in [6.07, 6.45) is 4.46. The molecule has 2 N–H and O–H groups in total. The minimum atomic E-state index is 0.00299. The molecule has 2 aromatic carbocycles. The van der Waals surface area contributed by atoms with Gasteiger partial charge in [-0.05, 0) is 55.5 Å². The van der Waals surface area contributed by atoms with Gasteiger partial charge in [-0.3, -0.25) is 0 Å². The van der Waals surface area contributed by atoms with Gasteiger partial charge in [0.15, 0.2) is 0 Å². The van der Waals surface area contributed by atoms with E-state index < -0.39 is 0 Å². The fourth-order valence-corrected chi connectivity index (χ4v) is 2.83. The summed E-state index contributed by atoms with van der Waals surface area (Å²) in [6.45, 7) is 0.697. The SMILES string of the molecule is NCCC1(Oc2ccc(-c3ccccc3)cc2)CCC1. The third kappa shape index (κ3) is 2.70. The second kappa shape index (κ2) is 5.68. The number of rotatable bonds is 5. The normalized spacial score (nSPS) is 16.4. The number of nitrogens with two attached hydrogens (primary N) is 1. The summed E-state index contributed by atoms with van der Waals surface area (Å²) < 4.78 is 6.19. The topological polar surface area (TPSA) is 35.2 Å². The van der Waals surface area contributed by atoms with E-state index in [4.69, 9.17) is 10.5 Å². The van der Waals surface area contributed by atoms with Gasteiger partial charge in [-0.15, -0.1) is 0 Å². The first kappa shape index (κ1) is 13.2. The van der Waals surface area contributed by atoms with Gasteiger partial charge in [0, 0.05) is 0 Å². The Morgan fingerprint density at radius 3 is 2.10 bits per heavy atom. The first-order valence-corrected chi connectivity index (χ1v) is 7.36. The molecule has 0 bridgehead atoms. The maximum Gasteiger partial charge on any atom is 0.120 e. The van der Waals surface area contributed by atoms with E-state index in [1.54, 1.807) is 0 Å². The third-order valence-corrected chi connectivity index (χ3v) is 4.16. The minimum absolute atomic E-state index is 0.00299. The van der Waals surface area contributed by atoms with Gasteiger partial charge in [0.25, 0.3) is 0 Å². The van der Waals surface area contributed by atoms with E-state index in [-0.39, 0.29) is 5.60 Å². The number of hydrogen-bond acceptors (Lipinski definition) is 2. The van der Waals surface area contributed by atoms with E-state index in [0.717, 1.165) is 25.0 Å². The van der Waals surface area contributed by atoms with Crippen molar-refractivity contribution >= 4 is 0 Å². The van der Waals surface area contributed by atoms with Crippen molar-refractivity contribution in [3.63, 3.8) is 0 Å². The zero-order valence-corrected chi connectivity index (χ0v) is 11.7. The quantitative estimate of drug-likeness (QED) is 0.888. The van der Waals surface area contributed by atoms with Crippen LogP contribution < -0.4 is 10.5 Å². The Morgan fingerprint density at radius 2 is 1.55 bits per heavy atom. The van der Waals surface area contributed by atoms with E-state index >= 15 is 0 Å². The molecule has 0 aromatic heterocycles. The first-order valence-electron chi connectivity index (χ1n) is 7.36. The van der Waals surface area contributed by atoms with Crippen LogP contribution in [0.5, 0.6) is 5.75 Å². The lowest BCUT2D eigenvalue weighted by Crippen LogP contribution is -2.44. The number of benzene rings is 2. The van der Waals surface area contributed by atoms with Gasteiger partial charge in [-0.1, -0.05) is 42.5 Å². The molecule has 0 saturated heterocycles. The summed E-state index contributed by atoms with van der Waals surface area (Å²) in [7, 11) is 0. The van der Waals surface area contributed by atoms with Crippen LogP contribution in [0.2, 0.25) is 0 Å². The molecule has 2 heteroatoms. The van der Waals surface area contributed by atoms with E-state index in [0.29, 0.717) is 6.54 Å². The van der Waals surface area contributed by atoms with Crippen LogP contribution in [-0.4, -0.2) is 12.1 Å². The van der Waals surface area contributed by atoms with Crippen molar-refractivity contribution < 1.29 is 4.74 Å². The van der Waals surface area contributed by atoms with Crippen molar-refractivity contribution in [2.24, 2.45) is 5.73 Å². The molecule has 0 aliphatic heterocycles. The molecule has 2 aromatic rings. The van der Waals surface area contributed by atoms with Crippen LogP contribution in [0, 0.1) is 0 Å². The number of ether oxygens (including phenoxy) is 1. The average molecular weight is 267 g/mol. The summed E-state index contributed by atoms with van der Waals surface area (Å²) in [4.78, 5) is 0. The first-order chi connectivity index (χ1) is 9.81. The van der Waals surface area contributed by atoms with Crippen LogP contribution in [-0.2, 0) is 0 Å². The van der Waals surface area contributed by atoms with Gasteiger partial charge in [0.2, 0.25) is 0 Å². The summed E-state index contributed by atoms with van der Waals surface area (Å²) >= 11 is 0. The summed E-state index contributed by atoms with van der Waals surface area (Å²) in [5, 5.41) is 0. The van der Waals surface area contributed by atoms with Crippen LogP contribution in [0.15, 0.2) is 54.6 Å². The summed E-state index contributed by atoms with van der Waals surface area (Å²) in [6, 6.07) is 18.8. The standard InChI is InChI=1S/C18H21NO/c19-14-13-18(11-4-12-18)20-17-9-7-16(8-10-17)15-5-2-1-3-6-15/h1-3,5-10H,4,11-14,19H2. The van der Waals surface area contributed by atoms with Crippen molar-refractivity contribution in [3.05, 3.63) is 54.6 Å². The molecule has 104 valence electrons. The Balaban J connectivity index is 1.73. The molecule has 0 spiro atoms. The molecule has 0 heterocycles. The zero-order chi connectivity index (χ0) is 13.8. The minimum Gasteiger partial charge on any atom is -0.487 e. The van der Waals surface area contributed by atoms with Crippen molar-refractivity contribution in [2.75, 3.05) is 6.54 Å². The average Bonchev–Trinajstić information content (AvgIpc) is 2.47. The van der Waals surface area contributed by atoms with Crippen LogP contribution in [0.3, 0.4) is 0 Å². The molecule has 0 radical (unpaired) electrons. The highest BCUT2D eigenvalue weighted by Crippen LogP contribution is 2.39. The predicted octanol–water partition coefficient (Wildman–Crippen LogP) is 4.00. The van der Waals surface area contributed by atoms with Gasteiger partial charge < -0.3 is 10.5 Å². The molecule has 1 aliphatic carbocycles. The van der Waals surface area contributed by atoms with E-state index in [2.05, 4.69) is 48.5 Å². The van der Waals surface area contributed by atoms with Crippen molar-refractivity contribution in [3.8, 4) is 16.9 Å². The summed E-state index contributed by atoms with van der Waals surface area (Å²) in [5.74, 6) is 0.956. The Kier molecular flexibility index (Phi) is 3.75. The van der Waals surface area contributed by atoms with E-state index in [9.17, 15) is 0 Å². The summed E-state index contributed by atoms with van der Waals surface area (Å²) in [5.41, 5.74) is 8.16. The zero-order valence-electron chi connectivity index (χ0n) is 11.7. The van der Waals surface area contributed by atoms with Crippen LogP contribution >= 0.6 is 0 Å². The van der Waals surface area contributed by atoms with Gasteiger partial charge in [0.1, 0.15) is 11.4 Å². The Bertz CT molecular complexity index is 543. The maximum absolute atomic E-state index is 6.19. The highest BCUT2D eigenvalue weighted by molar-refractivity contribution is 5.63.